The Bertz CT molecular complexity index is 635. The van der Waals surface area contributed by atoms with Crippen LogP contribution in [0.5, 0.6) is 6.01 Å². The molecule has 0 amide bonds. The van der Waals surface area contributed by atoms with E-state index in [1.807, 2.05) is 30.3 Å². The second-order valence-electron chi connectivity index (χ2n) is 3.24. The molecule has 1 aromatic carbocycles. The van der Waals surface area contributed by atoms with E-state index in [1.54, 1.807) is 17.8 Å². The van der Waals surface area contributed by atoms with Crippen molar-refractivity contribution in [3.63, 3.8) is 0 Å². The zero-order valence-electron chi connectivity index (χ0n) is 8.62. The van der Waals surface area contributed by atoms with Crippen LogP contribution in [0.3, 0.4) is 0 Å². The Morgan fingerprint density at radius 1 is 1.19 bits per heavy atom. The molecule has 3 aromatic rings. The lowest BCUT2D eigenvalue weighted by Crippen LogP contribution is -1.99. The van der Waals surface area contributed by atoms with Crippen molar-refractivity contribution in [2.75, 3.05) is 7.11 Å². The molecule has 0 N–H and O–H groups in total. The van der Waals surface area contributed by atoms with Crippen LogP contribution in [0.4, 0.5) is 0 Å². The van der Waals surface area contributed by atoms with Crippen LogP contribution in [0, 0.1) is 0 Å². The lowest BCUT2D eigenvalue weighted by atomic mass is 10.2. The smallest absolute Gasteiger partial charge is 0.318 e. The highest BCUT2D eigenvalue weighted by atomic mass is 35.5. The molecule has 0 bridgehead atoms. The van der Waals surface area contributed by atoms with Gasteiger partial charge in [0.1, 0.15) is 0 Å². The first-order valence-corrected chi connectivity index (χ1v) is 4.66. The van der Waals surface area contributed by atoms with E-state index >= 15 is 0 Å². The largest absolute Gasteiger partial charge is 0.467 e. The topological polar surface area (TPSA) is 39.4 Å². The Labute approximate surface area is 98.3 Å². The highest BCUT2D eigenvalue weighted by Gasteiger charge is 2.07. The Morgan fingerprint density at radius 3 is 2.81 bits per heavy atom. The summed E-state index contributed by atoms with van der Waals surface area (Å²) in [7, 11) is 1.60. The minimum Gasteiger partial charge on any atom is -0.467 e. The lowest BCUT2D eigenvalue weighted by molar-refractivity contribution is 0.369. The Morgan fingerprint density at radius 2 is 2.00 bits per heavy atom. The predicted molar refractivity (Wildman–Crippen MR) is 64.3 cm³/mol. The number of hydrogen-bond acceptors (Lipinski definition) is 3. The summed E-state index contributed by atoms with van der Waals surface area (Å²) >= 11 is 0. The molecule has 0 atom stereocenters. The summed E-state index contributed by atoms with van der Waals surface area (Å²) in [6.07, 6.45) is 1.74. The third-order valence-electron chi connectivity index (χ3n) is 2.40. The molecule has 0 saturated carbocycles. The van der Waals surface area contributed by atoms with Gasteiger partial charge in [-0.05, 0) is 12.1 Å². The molecule has 0 aliphatic rings. The quantitative estimate of drug-likeness (QED) is 0.650. The van der Waals surface area contributed by atoms with Gasteiger partial charge in [0.2, 0.25) is 0 Å². The number of halogens is 1. The maximum Gasteiger partial charge on any atom is 0.318 e. The van der Waals surface area contributed by atoms with Crippen LogP contribution in [0.1, 0.15) is 0 Å². The van der Waals surface area contributed by atoms with E-state index in [-0.39, 0.29) is 12.4 Å². The van der Waals surface area contributed by atoms with Crippen LogP contribution in [0.2, 0.25) is 0 Å². The predicted octanol–water partition coefficient (Wildman–Crippen LogP) is 2.31. The number of ether oxygens (including phenoxy) is 1. The van der Waals surface area contributed by atoms with Gasteiger partial charge in [0, 0.05) is 5.39 Å². The van der Waals surface area contributed by atoms with Crippen molar-refractivity contribution in [2.45, 2.75) is 0 Å². The second kappa shape index (κ2) is 3.98. The maximum absolute atomic E-state index is 5.18. The van der Waals surface area contributed by atoms with Gasteiger partial charge in [-0.15, -0.1) is 12.4 Å². The van der Waals surface area contributed by atoms with Crippen LogP contribution < -0.4 is 4.74 Å². The highest BCUT2D eigenvalue weighted by molar-refractivity contribution is 5.93. The number of benzene rings is 1. The van der Waals surface area contributed by atoms with Crippen molar-refractivity contribution in [3.05, 3.63) is 36.5 Å². The standard InChI is InChI=1S/C11H9N3O.ClH/c1-15-11-13-9-5-3-2-4-8(9)10-6-7-12-14(10)11;/h2-7H,1H3;1H. The molecule has 3 rings (SSSR count). The Kier molecular flexibility index (Phi) is 2.66. The minimum atomic E-state index is 0. The van der Waals surface area contributed by atoms with Crippen molar-refractivity contribution in [1.82, 2.24) is 14.6 Å². The summed E-state index contributed by atoms with van der Waals surface area (Å²) in [5, 5.41) is 5.25. The van der Waals surface area contributed by atoms with Gasteiger partial charge in [0.05, 0.1) is 24.3 Å². The lowest BCUT2D eigenvalue weighted by Gasteiger charge is -2.04. The molecule has 16 heavy (non-hydrogen) atoms. The van der Waals surface area contributed by atoms with Crippen molar-refractivity contribution in [1.29, 1.82) is 0 Å². The fraction of sp³-hybridized carbons (Fsp3) is 0.0909. The summed E-state index contributed by atoms with van der Waals surface area (Å²) in [5.41, 5.74) is 1.93. The molecule has 0 aliphatic heterocycles. The number of para-hydroxylation sites is 1. The van der Waals surface area contributed by atoms with E-state index in [0.29, 0.717) is 6.01 Å². The van der Waals surface area contributed by atoms with Gasteiger partial charge in [0.15, 0.2) is 0 Å². The molecule has 0 aliphatic carbocycles. The summed E-state index contributed by atoms with van der Waals surface area (Å²) in [6, 6.07) is 10.4. The van der Waals surface area contributed by atoms with Gasteiger partial charge in [-0.1, -0.05) is 18.2 Å². The molecule has 0 spiro atoms. The van der Waals surface area contributed by atoms with Crippen LogP contribution >= 0.6 is 12.4 Å². The van der Waals surface area contributed by atoms with Crippen LogP contribution in [0.25, 0.3) is 16.4 Å². The number of nitrogens with zero attached hydrogens (tertiary/aromatic N) is 3. The summed E-state index contributed by atoms with van der Waals surface area (Å²) in [5.74, 6) is 0. The molecular formula is C11H10ClN3O. The van der Waals surface area contributed by atoms with Crippen LogP contribution in [-0.4, -0.2) is 21.7 Å². The molecule has 82 valence electrons. The number of aromatic nitrogens is 3. The third-order valence-corrected chi connectivity index (χ3v) is 2.40. The maximum atomic E-state index is 5.18. The zero-order valence-corrected chi connectivity index (χ0v) is 9.44. The van der Waals surface area contributed by atoms with E-state index in [9.17, 15) is 0 Å². The van der Waals surface area contributed by atoms with Gasteiger partial charge in [-0.3, -0.25) is 0 Å². The van der Waals surface area contributed by atoms with E-state index in [4.69, 9.17) is 4.74 Å². The van der Waals surface area contributed by atoms with E-state index in [2.05, 4.69) is 10.1 Å². The number of fused-ring (bicyclic) bond motifs is 3. The van der Waals surface area contributed by atoms with E-state index in [1.165, 1.54) is 0 Å². The van der Waals surface area contributed by atoms with Crippen molar-refractivity contribution < 1.29 is 4.74 Å². The van der Waals surface area contributed by atoms with Crippen LogP contribution in [0.15, 0.2) is 36.5 Å². The first-order valence-electron chi connectivity index (χ1n) is 4.66. The van der Waals surface area contributed by atoms with Gasteiger partial charge >= 0.3 is 6.01 Å². The fourth-order valence-corrected chi connectivity index (χ4v) is 1.73. The van der Waals surface area contributed by atoms with E-state index in [0.717, 1.165) is 16.4 Å². The summed E-state index contributed by atoms with van der Waals surface area (Å²) in [6.45, 7) is 0. The average Bonchev–Trinajstić information content (AvgIpc) is 2.77. The van der Waals surface area contributed by atoms with Gasteiger partial charge in [0.25, 0.3) is 0 Å². The molecule has 0 fully saturated rings. The average molecular weight is 236 g/mol. The first kappa shape index (κ1) is 10.7. The highest BCUT2D eigenvalue weighted by Crippen LogP contribution is 2.21. The molecule has 0 unspecified atom stereocenters. The number of methoxy groups -OCH3 is 1. The third kappa shape index (κ3) is 1.39. The Hall–Kier alpha value is -1.81. The molecule has 4 nitrogen and oxygen atoms in total. The summed E-state index contributed by atoms with van der Waals surface area (Å²) in [4.78, 5) is 4.37. The molecule has 0 saturated heterocycles. The first-order chi connectivity index (χ1) is 7.40. The normalized spacial score (nSPS) is 10.3. The molecule has 2 aromatic heterocycles. The fourth-order valence-electron chi connectivity index (χ4n) is 1.73. The zero-order chi connectivity index (χ0) is 10.3. The number of hydrogen-bond donors (Lipinski definition) is 0. The van der Waals surface area contributed by atoms with E-state index < -0.39 is 0 Å². The molecule has 2 heterocycles. The summed E-state index contributed by atoms with van der Waals surface area (Å²) < 4.78 is 6.88. The van der Waals surface area contributed by atoms with Gasteiger partial charge in [-0.25, -0.2) is 0 Å². The van der Waals surface area contributed by atoms with Crippen molar-refractivity contribution in [2.24, 2.45) is 0 Å². The van der Waals surface area contributed by atoms with Gasteiger partial charge < -0.3 is 4.74 Å². The van der Waals surface area contributed by atoms with Crippen LogP contribution in [-0.2, 0) is 0 Å². The minimum absolute atomic E-state index is 0. The SMILES string of the molecule is COc1nc2ccccc2c2ccnn12.Cl. The van der Waals surface area contributed by atoms with Gasteiger partial charge in [-0.2, -0.15) is 14.6 Å². The van der Waals surface area contributed by atoms with Crippen molar-refractivity contribution in [3.8, 4) is 6.01 Å². The Balaban J connectivity index is 0.000000963. The molecular weight excluding hydrogens is 226 g/mol. The molecule has 5 heteroatoms. The monoisotopic (exact) mass is 235 g/mol. The number of rotatable bonds is 1. The second-order valence-corrected chi connectivity index (χ2v) is 3.24. The molecule has 0 radical (unpaired) electrons. The van der Waals surface area contributed by atoms with Crippen molar-refractivity contribution >= 4 is 28.8 Å².